The smallest absolute Gasteiger partial charge is 0.256 e. The number of aromatic nitrogens is 1. The molecule has 148 valence electrons. The Kier molecular flexibility index (Phi) is 4.56. The van der Waals surface area contributed by atoms with Crippen LogP contribution in [0.2, 0.25) is 0 Å². The average molecular weight is 395 g/mol. The molecule has 1 fully saturated rings. The van der Waals surface area contributed by atoms with Gasteiger partial charge in [0.25, 0.3) is 5.91 Å². The van der Waals surface area contributed by atoms with E-state index in [-0.39, 0.29) is 17.7 Å². The number of likely N-dealkylation sites (tertiary alicyclic amines) is 1. The highest BCUT2D eigenvalue weighted by atomic mass is 16.2. The molecule has 1 aliphatic heterocycles. The topological polar surface area (TPSA) is 65.2 Å². The van der Waals surface area contributed by atoms with Gasteiger partial charge in [0.05, 0.1) is 11.5 Å². The summed E-state index contributed by atoms with van der Waals surface area (Å²) < 4.78 is 0. The molecule has 2 heterocycles. The number of para-hydroxylation sites is 2. The Morgan fingerprint density at radius 2 is 1.57 bits per heavy atom. The average Bonchev–Trinajstić information content (AvgIpc) is 3.18. The number of nitrogens with zero attached hydrogens (tertiary/aromatic N) is 1. The van der Waals surface area contributed by atoms with Crippen LogP contribution >= 0.6 is 0 Å². The van der Waals surface area contributed by atoms with E-state index in [2.05, 4.69) is 10.3 Å². The number of hydrogen-bond donors (Lipinski definition) is 2. The summed E-state index contributed by atoms with van der Waals surface area (Å²) in [5.74, 6) is -0.300. The number of hydrogen-bond acceptors (Lipinski definition) is 2. The maximum absolute atomic E-state index is 12.8. The van der Waals surface area contributed by atoms with E-state index in [1.54, 1.807) is 11.1 Å². The van der Waals surface area contributed by atoms with Crippen molar-refractivity contribution in [2.45, 2.75) is 0 Å². The molecule has 0 unspecified atom stereocenters. The van der Waals surface area contributed by atoms with Crippen LogP contribution in [-0.4, -0.2) is 34.8 Å². The lowest BCUT2D eigenvalue weighted by molar-refractivity contribution is -0.123. The summed E-state index contributed by atoms with van der Waals surface area (Å²) in [6.45, 7) is 0.857. The number of aromatic amines is 1. The number of H-pyrrole nitrogens is 1. The lowest BCUT2D eigenvalue weighted by Gasteiger charge is -2.38. The van der Waals surface area contributed by atoms with Gasteiger partial charge in [-0.15, -0.1) is 0 Å². The Morgan fingerprint density at radius 3 is 2.40 bits per heavy atom. The zero-order chi connectivity index (χ0) is 20.5. The van der Waals surface area contributed by atoms with Crippen molar-refractivity contribution in [3.8, 4) is 11.1 Å². The number of nitrogens with one attached hydrogen (secondary N) is 2. The quantitative estimate of drug-likeness (QED) is 0.533. The third-order valence-electron chi connectivity index (χ3n) is 5.63. The minimum Gasteiger partial charge on any atom is -0.360 e. The molecule has 1 saturated heterocycles. The Balaban J connectivity index is 1.26. The number of rotatable bonds is 4. The molecule has 0 saturated carbocycles. The zero-order valence-corrected chi connectivity index (χ0v) is 16.3. The van der Waals surface area contributed by atoms with Gasteiger partial charge in [-0.1, -0.05) is 66.7 Å². The van der Waals surface area contributed by atoms with Crippen molar-refractivity contribution in [2.24, 2.45) is 5.92 Å². The normalized spacial score (nSPS) is 13.8. The third kappa shape index (κ3) is 3.24. The molecule has 0 radical (unpaired) electrons. The van der Waals surface area contributed by atoms with Gasteiger partial charge in [-0.25, -0.2) is 0 Å². The largest absolute Gasteiger partial charge is 0.360 e. The van der Waals surface area contributed by atoms with Crippen LogP contribution in [0.1, 0.15) is 10.4 Å². The maximum atomic E-state index is 12.8. The van der Waals surface area contributed by atoms with Crippen LogP contribution in [-0.2, 0) is 4.79 Å². The molecule has 0 bridgehead atoms. The summed E-state index contributed by atoms with van der Waals surface area (Å²) in [4.78, 5) is 30.5. The lowest BCUT2D eigenvalue weighted by Crippen LogP contribution is -2.54. The second kappa shape index (κ2) is 7.52. The van der Waals surface area contributed by atoms with E-state index in [0.29, 0.717) is 18.7 Å². The third-order valence-corrected chi connectivity index (χ3v) is 5.63. The summed E-state index contributed by atoms with van der Waals surface area (Å²) in [6, 6.07) is 25.5. The second-order valence-corrected chi connectivity index (χ2v) is 7.56. The van der Waals surface area contributed by atoms with E-state index in [0.717, 1.165) is 27.7 Å². The second-order valence-electron chi connectivity index (χ2n) is 7.56. The van der Waals surface area contributed by atoms with Crippen molar-refractivity contribution in [1.29, 1.82) is 0 Å². The van der Waals surface area contributed by atoms with Gasteiger partial charge in [-0.2, -0.15) is 0 Å². The van der Waals surface area contributed by atoms with Gasteiger partial charge in [-0.05, 0) is 17.7 Å². The minimum absolute atomic E-state index is 0.0406. The Hall–Kier alpha value is -3.86. The fourth-order valence-electron chi connectivity index (χ4n) is 3.93. The molecule has 2 amide bonds. The summed E-state index contributed by atoms with van der Waals surface area (Å²) in [5.41, 5.74) is 4.41. The molecule has 0 spiro atoms. The van der Waals surface area contributed by atoms with Crippen molar-refractivity contribution >= 4 is 28.4 Å². The molecule has 1 aliphatic rings. The SMILES string of the molecule is O=C(Nc1ccccc1-c1ccccc1)C1CN(C(=O)c2c[nH]c3ccccc23)C1. The van der Waals surface area contributed by atoms with Gasteiger partial charge < -0.3 is 15.2 Å². The van der Waals surface area contributed by atoms with Crippen molar-refractivity contribution in [2.75, 3.05) is 18.4 Å². The fraction of sp³-hybridized carbons (Fsp3) is 0.120. The number of anilines is 1. The molecule has 5 rings (SSSR count). The van der Waals surface area contributed by atoms with Crippen molar-refractivity contribution in [1.82, 2.24) is 9.88 Å². The van der Waals surface area contributed by atoms with E-state index < -0.39 is 0 Å². The maximum Gasteiger partial charge on any atom is 0.256 e. The summed E-state index contributed by atoms with van der Waals surface area (Å²) in [5, 5.41) is 3.96. The number of carbonyl (C=O) groups is 2. The van der Waals surface area contributed by atoms with Gasteiger partial charge in [0.2, 0.25) is 5.91 Å². The van der Waals surface area contributed by atoms with Crippen molar-refractivity contribution in [3.63, 3.8) is 0 Å². The monoisotopic (exact) mass is 395 g/mol. The first-order chi connectivity index (χ1) is 14.7. The first-order valence-electron chi connectivity index (χ1n) is 10.0. The molecule has 1 aromatic heterocycles. The van der Waals surface area contributed by atoms with Crippen LogP contribution in [0.4, 0.5) is 5.69 Å². The van der Waals surface area contributed by atoms with Crippen LogP contribution in [0.15, 0.2) is 85.1 Å². The molecule has 5 nitrogen and oxygen atoms in total. The molecule has 0 atom stereocenters. The van der Waals surface area contributed by atoms with Crippen molar-refractivity contribution in [3.05, 3.63) is 90.6 Å². The predicted molar refractivity (Wildman–Crippen MR) is 118 cm³/mol. The van der Waals surface area contributed by atoms with Crippen molar-refractivity contribution < 1.29 is 9.59 Å². The number of carbonyl (C=O) groups excluding carboxylic acids is 2. The number of benzene rings is 3. The molecule has 4 aromatic rings. The minimum atomic E-state index is -0.206. The van der Waals surface area contributed by atoms with Gasteiger partial charge in [0.15, 0.2) is 0 Å². The summed E-state index contributed by atoms with van der Waals surface area (Å²) in [7, 11) is 0. The number of amides is 2. The fourth-order valence-corrected chi connectivity index (χ4v) is 3.93. The Labute approximate surface area is 174 Å². The van der Waals surface area contributed by atoms with E-state index in [1.807, 2.05) is 78.9 Å². The van der Waals surface area contributed by atoms with E-state index >= 15 is 0 Å². The first kappa shape index (κ1) is 18.2. The van der Waals surface area contributed by atoms with Crippen LogP contribution in [0.5, 0.6) is 0 Å². The molecular weight excluding hydrogens is 374 g/mol. The molecule has 5 heteroatoms. The first-order valence-corrected chi connectivity index (χ1v) is 10.0. The zero-order valence-electron chi connectivity index (χ0n) is 16.3. The molecule has 30 heavy (non-hydrogen) atoms. The Bertz CT molecular complexity index is 1220. The van der Waals surface area contributed by atoms with Crippen LogP contribution < -0.4 is 5.32 Å². The van der Waals surface area contributed by atoms with E-state index in [9.17, 15) is 9.59 Å². The van der Waals surface area contributed by atoms with Gasteiger partial charge in [0.1, 0.15) is 0 Å². The predicted octanol–water partition coefficient (Wildman–Crippen LogP) is 4.55. The highest BCUT2D eigenvalue weighted by molar-refractivity contribution is 6.08. The Morgan fingerprint density at radius 1 is 0.867 bits per heavy atom. The number of fused-ring (bicyclic) bond motifs is 1. The van der Waals surface area contributed by atoms with Gasteiger partial charge in [0, 0.05) is 41.4 Å². The lowest BCUT2D eigenvalue weighted by atomic mass is 9.97. The molecule has 0 aliphatic carbocycles. The standard InChI is InChI=1S/C25H21N3O2/c29-24(27-23-13-7-4-10-19(23)17-8-2-1-3-9-17)18-15-28(16-18)25(30)21-14-26-22-12-6-5-11-20(21)22/h1-14,18,26H,15-16H2,(H,27,29). The molecule has 2 N–H and O–H groups in total. The summed E-state index contributed by atoms with van der Waals surface area (Å²) in [6.07, 6.45) is 1.75. The van der Waals surface area contributed by atoms with Crippen LogP contribution in [0.25, 0.3) is 22.0 Å². The highest BCUT2D eigenvalue weighted by Crippen LogP contribution is 2.29. The van der Waals surface area contributed by atoms with E-state index in [1.165, 1.54) is 0 Å². The summed E-state index contributed by atoms with van der Waals surface area (Å²) >= 11 is 0. The molecule has 3 aromatic carbocycles. The highest BCUT2D eigenvalue weighted by Gasteiger charge is 2.36. The van der Waals surface area contributed by atoms with Crippen LogP contribution in [0, 0.1) is 5.92 Å². The van der Waals surface area contributed by atoms with E-state index in [4.69, 9.17) is 0 Å². The van der Waals surface area contributed by atoms with Gasteiger partial charge in [-0.3, -0.25) is 9.59 Å². The molecular formula is C25H21N3O2. The van der Waals surface area contributed by atoms with Crippen LogP contribution in [0.3, 0.4) is 0 Å². The van der Waals surface area contributed by atoms with Gasteiger partial charge >= 0.3 is 0 Å².